The molecule has 0 fully saturated rings. The Bertz CT molecular complexity index is 644. The number of aromatic nitrogens is 2. The van der Waals surface area contributed by atoms with Gasteiger partial charge in [0.25, 0.3) is 0 Å². The molecule has 0 amide bonds. The standard InChI is InChI=1S/C9H9N3O4S/c13-9-12-11-8(16-9)6-10-17(14,15)7-4-2-1-3-5-7/h1-5,10H,6H2,(H,12,13). The summed E-state index contributed by atoms with van der Waals surface area (Å²) >= 11 is 0. The van der Waals surface area contributed by atoms with Gasteiger partial charge in [-0.25, -0.2) is 23.0 Å². The lowest BCUT2D eigenvalue weighted by atomic mass is 10.4. The maximum Gasteiger partial charge on any atom is 0.434 e. The average Bonchev–Trinajstić information content (AvgIpc) is 2.74. The van der Waals surface area contributed by atoms with Crippen LogP contribution in [0, 0.1) is 0 Å². The lowest BCUT2D eigenvalue weighted by Gasteiger charge is -2.03. The minimum absolute atomic E-state index is 0.0190. The first kappa shape index (κ1) is 11.6. The second kappa shape index (κ2) is 4.52. The fourth-order valence-corrected chi connectivity index (χ4v) is 2.17. The first-order chi connectivity index (χ1) is 8.08. The minimum atomic E-state index is -3.62. The molecule has 0 atom stereocenters. The Morgan fingerprint density at radius 1 is 1.29 bits per heavy atom. The number of rotatable bonds is 4. The van der Waals surface area contributed by atoms with Gasteiger partial charge in [-0.1, -0.05) is 18.2 Å². The molecule has 0 saturated heterocycles. The van der Waals surface area contributed by atoms with E-state index in [1.165, 1.54) is 12.1 Å². The maximum absolute atomic E-state index is 11.7. The highest BCUT2D eigenvalue weighted by Crippen LogP contribution is 2.07. The van der Waals surface area contributed by atoms with Crippen LogP contribution in [0.25, 0.3) is 0 Å². The third kappa shape index (κ3) is 2.80. The fraction of sp³-hybridized carbons (Fsp3) is 0.111. The molecular weight excluding hydrogens is 246 g/mol. The molecule has 2 N–H and O–H groups in total. The quantitative estimate of drug-likeness (QED) is 0.789. The van der Waals surface area contributed by atoms with E-state index in [0.29, 0.717) is 0 Å². The van der Waals surface area contributed by atoms with E-state index in [-0.39, 0.29) is 17.3 Å². The molecule has 8 heteroatoms. The topological polar surface area (TPSA) is 105 Å². The van der Waals surface area contributed by atoms with E-state index >= 15 is 0 Å². The molecule has 1 aromatic heterocycles. The van der Waals surface area contributed by atoms with Crippen molar-refractivity contribution in [3.63, 3.8) is 0 Å². The van der Waals surface area contributed by atoms with Crippen LogP contribution in [0.15, 0.2) is 44.4 Å². The van der Waals surface area contributed by atoms with Gasteiger partial charge in [0.1, 0.15) is 0 Å². The largest absolute Gasteiger partial charge is 0.434 e. The van der Waals surface area contributed by atoms with E-state index in [1.807, 2.05) is 5.10 Å². The van der Waals surface area contributed by atoms with Crippen molar-refractivity contribution in [2.24, 2.45) is 0 Å². The summed E-state index contributed by atoms with van der Waals surface area (Å²) in [7, 11) is -3.62. The van der Waals surface area contributed by atoms with E-state index < -0.39 is 15.8 Å². The highest BCUT2D eigenvalue weighted by molar-refractivity contribution is 7.89. The number of benzene rings is 1. The molecule has 1 heterocycles. The molecular formula is C9H9N3O4S. The Morgan fingerprint density at radius 3 is 2.59 bits per heavy atom. The van der Waals surface area contributed by atoms with Crippen LogP contribution in [0.4, 0.5) is 0 Å². The summed E-state index contributed by atoms with van der Waals surface area (Å²) in [5.41, 5.74) is 0. The Kier molecular flexibility index (Phi) is 3.07. The van der Waals surface area contributed by atoms with Gasteiger partial charge in [0, 0.05) is 0 Å². The number of aromatic amines is 1. The summed E-state index contributed by atoms with van der Waals surface area (Å²) in [5.74, 6) is -0.742. The van der Waals surface area contributed by atoms with Gasteiger partial charge in [0.05, 0.1) is 11.4 Å². The smallest absolute Gasteiger partial charge is 0.391 e. The summed E-state index contributed by atoms with van der Waals surface area (Å²) in [6.45, 7) is -0.185. The second-order valence-electron chi connectivity index (χ2n) is 3.14. The van der Waals surface area contributed by atoms with Crippen LogP contribution in [-0.2, 0) is 16.6 Å². The molecule has 0 aliphatic carbocycles. The number of hydrogen-bond donors (Lipinski definition) is 2. The zero-order chi connectivity index (χ0) is 12.3. The predicted molar refractivity (Wildman–Crippen MR) is 57.6 cm³/mol. The summed E-state index contributed by atoms with van der Waals surface area (Å²) in [6, 6.07) is 7.87. The molecule has 0 unspecified atom stereocenters. The predicted octanol–water partition coefficient (Wildman–Crippen LogP) is -0.159. The van der Waals surface area contributed by atoms with Crippen LogP contribution in [-0.4, -0.2) is 18.6 Å². The molecule has 17 heavy (non-hydrogen) atoms. The first-order valence-electron chi connectivity index (χ1n) is 4.67. The van der Waals surface area contributed by atoms with Gasteiger partial charge in [0.2, 0.25) is 15.9 Å². The molecule has 90 valence electrons. The summed E-state index contributed by atoms with van der Waals surface area (Å²) in [6.07, 6.45) is 0. The van der Waals surface area contributed by atoms with Gasteiger partial charge >= 0.3 is 5.76 Å². The molecule has 0 aliphatic rings. The third-order valence-electron chi connectivity index (χ3n) is 1.95. The van der Waals surface area contributed by atoms with Crippen molar-refractivity contribution in [3.05, 3.63) is 46.8 Å². The van der Waals surface area contributed by atoms with Gasteiger partial charge in [0.15, 0.2) is 0 Å². The highest BCUT2D eigenvalue weighted by atomic mass is 32.2. The zero-order valence-corrected chi connectivity index (χ0v) is 9.40. The van der Waals surface area contributed by atoms with E-state index in [0.717, 1.165) is 0 Å². The van der Waals surface area contributed by atoms with Crippen LogP contribution in [0.5, 0.6) is 0 Å². The van der Waals surface area contributed by atoms with Gasteiger partial charge in [-0.05, 0) is 12.1 Å². The van der Waals surface area contributed by atoms with Crippen LogP contribution in [0.1, 0.15) is 5.89 Å². The van der Waals surface area contributed by atoms with Crippen molar-refractivity contribution >= 4 is 10.0 Å². The van der Waals surface area contributed by atoms with E-state index in [2.05, 4.69) is 14.2 Å². The Morgan fingerprint density at radius 2 is 2.00 bits per heavy atom. The Balaban J connectivity index is 2.11. The van der Waals surface area contributed by atoms with E-state index in [4.69, 9.17) is 0 Å². The number of H-pyrrole nitrogens is 1. The van der Waals surface area contributed by atoms with Crippen molar-refractivity contribution < 1.29 is 12.8 Å². The second-order valence-corrected chi connectivity index (χ2v) is 4.91. The van der Waals surface area contributed by atoms with E-state index in [1.54, 1.807) is 18.2 Å². The van der Waals surface area contributed by atoms with Gasteiger partial charge in [-0.15, -0.1) is 5.10 Å². The Labute approximate surface area is 96.5 Å². The van der Waals surface area contributed by atoms with Gasteiger partial charge in [-0.3, -0.25) is 0 Å². The Hall–Kier alpha value is -1.93. The van der Waals surface area contributed by atoms with Crippen molar-refractivity contribution in [1.82, 2.24) is 14.9 Å². The lowest BCUT2D eigenvalue weighted by molar-refractivity contribution is 0.455. The maximum atomic E-state index is 11.7. The van der Waals surface area contributed by atoms with Crippen LogP contribution < -0.4 is 10.5 Å². The minimum Gasteiger partial charge on any atom is -0.391 e. The summed E-state index contributed by atoms with van der Waals surface area (Å²) < 4.78 is 30.3. The highest BCUT2D eigenvalue weighted by Gasteiger charge is 2.14. The van der Waals surface area contributed by atoms with Crippen LogP contribution in [0.2, 0.25) is 0 Å². The third-order valence-corrected chi connectivity index (χ3v) is 3.37. The molecule has 0 bridgehead atoms. The molecule has 0 spiro atoms. The number of sulfonamides is 1. The molecule has 0 saturated carbocycles. The average molecular weight is 255 g/mol. The number of nitrogens with one attached hydrogen (secondary N) is 2. The van der Waals surface area contributed by atoms with Crippen molar-refractivity contribution in [1.29, 1.82) is 0 Å². The zero-order valence-electron chi connectivity index (χ0n) is 8.58. The van der Waals surface area contributed by atoms with Crippen molar-refractivity contribution in [2.45, 2.75) is 11.4 Å². The molecule has 2 rings (SSSR count). The van der Waals surface area contributed by atoms with Gasteiger partial charge < -0.3 is 4.42 Å². The lowest BCUT2D eigenvalue weighted by Crippen LogP contribution is -2.23. The SMILES string of the molecule is O=c1[nH]nc(CNS(=O)(=O)c2ccccc2)o1. The van der Waals surface area contributed by atoms with Gasteiger partial charge in [-0.2, -0.15) is 0 Å². The van der Waals surface area contributed by atoms with Crippen LogP contribution in [0.3, 0.4) is 0 Å². The summed E-state index contributed by atoms with van der Waals surface area (Å²) in [5, 5.41) is 5.52. The molecule has 0 radical (unpaired) electrons. The molecule has 7 nitrogen and oxygen atoms in total. The first-order valence-corrected chi connectivity index (χ1v) is 6.15. The monoisotopic (exact) mass is 255 g/mol. The summed E-state index contributed by atoms with van der Waals surface area (Å²) in [4.78, 5) is 10.8. The number of nitrogens with zero attached hydrogens (tertiary/aromatic N) is 1. The van der Waals surface area contributed by atoms with Crippen molar-refractivity contribution in [2.75, 3.05) is 0 Å². The molecule has 0 aliphatic heterocycles. The molecule has 2 aromatic rings. The fourth-order valence-electron chi connectivity index (χ4n) is 1.18. The normalized spacial score (nSPS) is 11.5. The van der Waals surface area contributed by atoms with Crippen molar-refractivity contribution in [3.8, 4) is 0 Å². The van der Waals surface area contributed by atoms with E-state index in [9.17, 15) is 13.2 Å². The molecule has 1 aromatic carbocycles. The number of hydrogen-bond acceptors (Lipinski definition) is 5. The van der Waals surface area contributed by atoms with Crippen LogP contribution >= 0.6 is 0 Å².